The van der Waals surface area contributed by atoms with Gasteiger partial charge in [0, 0.05) is 35.1 Å². The zero-order valence-electron chi connectivity index (χ0n) is 16.7. The van der Waals surface area contributed by atoms with Crippen LogP contribution in [0.25, 0.3) is 11.3 Å². The van der Waals surface area contributed by atoms with Gasteiger partial charge in [0.2, 0.25) is 5.91 Å². The average molecular weight is 403 g/mol. The Labute approximate surface area is 173 Å². The van der Waals surface area contributed by atoms with Crippen molar-refractivity contribution >= 4 is 17.8 Å². The first-order valence-electron chi connectivity index (χ1n) is 9.57. The number of aryl methyl sites for hydroxylation is 1. The topological polar surface area (TPSA) is 106 Å². The third kappa shape index (κ3) is 4.60. The molecule has 1 aliphatic rings. The van der Waals surface area contributed by atoms with Gasteiger partial charge in [-0.2, -0.15) is 0 Å². The first kappa shape index (κ1) is 19.5. The molecule has 0 saturated heterocycles. The molecule has 8 nitrogen and oxygen atoms in total. The van der Waals surface area contributed by atoms with Crippen LogP contribution in [0.3, 0.4) is 0 Å². The highest BCUT2D eigenvalue weighted by atomic mass is 16.5. The third-order valence-electron chi connectivity index (χ3n) is 4.93. The van der Waals surface area contributed by atoms with Gasteiger partial charge in [-0.1, -0.05) is 6.92 Å². The minimum Gasteiger partial charge on any atom is -0.456 e. The molecule has 3 aromatic heterocycles. The Hall–Kier alpha value is -3.81. The van der Waals surface area contributed by atoms with Gasteiger partial charge in [-0.3, -0.25) is 25.4 Å². The summed E-state index contributed by atoms with van der Waals surface area (Å²) in [7, 11) is 0. The lowest BCUT2D eigenvalue weighted by Gasteiger charge is -2.10. The van der Waals surface area contributed by atoms with Crippen LogP contribution in [0.1, 0.15) is 25.5 Å². The molecule has 8 heteroatoms. The molecule has 30 heavy (non-hydrogen) atoms. The quantitative estimate of drug-likeness (QED) is 0.665. The van der Waals surface area contributed by atoms with Crippen molar-refractivity contribution in [1.82, 2.24) is 20.3 Å². The number of carbonyl (C=O) groups is 2. The molecule has 0 aliphatic heterocycles. The Morgan fingerprint density at radius 3 is 2.50 bits per heavy atom. The number of urea groups is 1. The minimum atomic E-state index is -0.597. The molecule has 152 valence electrons. The summed E-state index contributed by atoms with van der Waals surface area (Å²) in [5, 5.41) is 4.88. The van der Waals surface area contributed by atoms with Gasteiger partial charge >= 0.3 is 6.03 Å². The molecule has 1 saturated carbocycles. The molecule has 0 aromatic carbocycles. The van der Waals surface area contributed by atoms with Gasteiger partial charge in [0.1, 0.15) is 17.3 Å². The fourth-order valence-corrected chi connectivity index (χ4v) is 2.72. The molecule has 1 aliphatic carbocycles. The summed E-state index contributed by atoms with van der Waals surface area (Å²) in [6.45, 7) is 3.76. The molecule has 2 N–H and O–H groups in total. The van der Waals surface area contributed by atoms with E-state index < -0.39 is 11.4 Å². The normalized spacial score (nSPS) is 13.9. The number of hydrogen-bond acceptors (Lipinski definition) is 6. The average Bonchev–Trinajstić information content (AvgIpc) is 3.49. The second-order valence-electron chi connectivity index (χ2n) is 7.52. The second-order valence-corrected chi connectivity index (χ2v) is 7.52. The number of carbonyl (C=O) groups excluding carboxylic acids is 2. The Kier molecular flexibility index (Phi) is 5.14. The van der Waals surface area contributed by atoms with E-state index in [0.717, 1.165) is 29.8 Å². The first-order chi connectivity index (χ1) is 14.4. The molecular formula is C22H21N5O3. The molecule has 3 heterocycles. The highest BCUT2D eigenvalue weighted by molar-refractivity contribution is 6.03. The molecular weight excluding hydrogens is 382 g/mol. The van der Waals surface area contributed by atoms with Crippen molar-refractivity contribution in [2.75, 3.05) is 5.32 Å². The van der Waals surface area contributed by atoms with Crippen molar-refractivity contribution in [1.29, 1.82) is 0 Å². The van der Waals surface area contributed by atoms with Gasteiger partial charge in [0.15, 0.2) is 0 Å². The van der Waals surface area contributed by atoms with Crippen molar-refractivity contribution in [3.63, 3.8) is 0 Å². The number of nitrogens with zero attached hydrogens (tertiary/aromatic N) is 3. The largest absolute Gasteiger partial charge is 0.456 e. The number of amides is 3. The molecule has 0 unspecified atom stereocenters. The van der Waals surface area contributed by atoms with E-state index in [4.69, 9.17) is 4.74 Å². The Balaban J connectivity index is 1.37. The van der Waals surface area contributed by atoms with E-state index in [9.17, 15) is 9.59 Å². The van der Waals surface area contributed by atoms with Crippen molar-refractivity contribution in [3.05, 3.63) is 60.7 Å². The van der Waals surface area contributed by atoms with E-state index in [1.807, 2.05) is 32.0 Å². The number of anilines is 1. The van der Waals surface area contributed by atoms with Gasteiger partial charge < -0.3 is 4.74 Å². The van der Waals surface area contributed by atoms with Gasteiger partial charge in [0.05, 0.1) is 11.9 Å². The van der Waals surface area contributed by atoms with Crippen LogP contribution < -0.4 is 15.4 Å². The van der Waals surface area contributed by atoms with Crippen LogP contribution in [0.15, 0.2) is 55.0 Å². The Morgan fingerprint density at radius 2 is 1.83 bits per heavy atom. The van der Waals surface area contributed by atoms with Crippen LogP contribution >= 0.6 is 0 Å². The summed E-state index contributed by atoms with van der Waals surface area (Å²) in [4.78, 5) is 36.6. The Morgan fingerprint density at radius 1 is 1.00 bits per heavy atom. The predicted molar refractivity (Wildman–Crippen MR) is 111 cm³/mol. The summed E-state index contributed by atoms with van der Waals surface area (Å²) in [6.07, 6.45) is 6.52. The molecule has 3 aromatic rings. The second kappa shape index (κ2) is 7.90. The fraction of sp³-hybridized carbons (Fsp3) is 0.227. The van der Waals surface area contributed by atoms with Gasteiger partial charge in [-0.05, 0) is 50.1 Å². The molecule has 1 fully saturated rings. The van der Waals surface area contributed by atoms with Crippen LogP contribution in [-0.4, -0.2) is 26.9 Å². The number of aromatic nitrogens is 3. The first-order valence-corrected chi connectivity index (χ1v) is 9.57. The van der Waals surface area contributed by atoms with E-state index in [1.54, 1.807) is 30.6 Å². The van der Waals surface area contributed by atoms with E-state index in [2.05, 4.69) is 25.6 Å². The van der Waals surface area contributed by atoms with E-state index in [0.29, 0.717) is 17.3 Å². The molecule has 0 bridgehead atoms. The molecule has 0 atom stereocenters. The molecule has 0 radical (unpaired) electrons. The number of ether oxygens (including phenoxy) is 1. The van der Waals surface area contributed by atoms with Crippen LogP contribution in [0.5, 0.6) is 11.5 Å². The maximum atomic E-state index is 11.9. The third-order valence-corrected chi connectivity index (χ3v) is 4.93. The van der Waals surface area contributed by atoms with E-state index in [1.165, 1.54) is 6.20 Å². The highest BCUT2D eigenvalue weighted by Gasteiger charge is 2.45. The summed E-state index contributed by atoms with van der Waals surface area (Å²) in [5.41, 5.74) is 2.16. The van der Waals surface area contributed by atoms with Crippen molar-refractivity contribution < 1.29 is 14.3 Å². The zero-order valence-corrected chi connectivity index (χ0v) is 16.7. The van der Waals surface area contributed by atoms with Gasteiger partial charge in [-0.15, -0.1) is 0 Å². The van der Waals surface area contributed by atoms with Crippen molar-refractivity contribution in [2.24, 2.45) is 5.41 Å². The number of pyridine rings is 3. The molecule has 4 rings (SSSR count). The lowest BCUT2D eigenvalue weighted by molar-refractivity contribution is -0.124. The fourth-order valence-electron chi connectivity index (χ4n) is 2.72. The van der Waals surface area contributed by atoms with E-state index in [-0.39, 0.29) is 5.91 Å². The van der Waals surface area contributed by atoms with Crippen LogP contribution in [0, 0.1) is 12.3 Å². The maximum Gasteiger partial charge on any atom is 0.327 e. The number of imide groups is 1. The summed E-state index contributed by atoms with van der Waals surface area (Å²) >= 11 is 0. The standard InChI is InChI=1S/C22H21N5O3/c1-14-3-4-15(12-24-14)18-11-16(7-10-23-18)30-17-5-6-19(25-13-17)26-21(29)27-20(28)22(2)8-9-22/h3-7,10-13H,8-9H2,1-2H3,(H2,25,26,27,28,29). The molecule has 3 amide bonds. The molecule has 0 spiro atoms. The highest BCUT2D eigenvalue weighted by Crippen LogP contribution is 2.44. The SMILES string of the molecule is Cc1ccc(-c2cc(Oc3ccc(NC(=O)NC(=O)C4(C)CC4)nc3)ccn2)cn1. The van der Waals surface area contributed by atoms with E-state index >= 15 is 0 Å². The van der Waals surface area contributed by atoms with Crippen LogP contribution in [0.4, 0.5) is 10.6 Å². The predicted octanol–water partition coefficient (Wildman–Crippen LogP) is 4.09. The minimum absolute atomic E-state index is 0.266. The summed E-state index contributed by atoms with van der Waals surface area (Å²) < 4.78 is 5.84. The van der Waals surface area contributed by atoms with Gasteiger partial charge in [0.25, 0.3) is 0 Å². The summed E-state index contributed by atoms with van der Waals surface area (Å²) in [5.74, 6) is 1.15. The number of nitrogens with one attached hydrogen (secondary N) is 2. The van der Waals surface area contributed by atoms with Crippen molar-refractivity contribution in [2.45, 2.75) is 26.7 Å². The monoisotopic (exact) mass is 403 g/mol. The van der Waals surface area contributed by atoms with Crippen molar-refractivity contribution in [3.8, 4) is 22.8 Å². The van der Waals surface area contributed by atoms with Crippen LogP contribution in [-0.2, 0) is 4.79 Å². The lowest BCUT2D eigenvalue weighted by atomic mass is 10.1. The lowest BCUT2D eigenvalue weighted by Crippen LogP contribution is -2.38. The maximum absolute atomic E-state index is 11.9. The number of rotatable bonds is 5. The summed E-state index contributed by atoms with van der Waals surface area (Å²) in [6, 6.07) is 10.1. The van der Waals surface area contributed by atoms with Crippen LogP contribution in [0.2, 0.25) is 0 Å². The number of hydrogen-bond donors (Lipinski definition) is 2. The smallest absolute Gasteiger partial charge is 0.327 e. The van der Waals surface area contributed by atoms with Gasteiger partial charge in [-0.25, -0.2) is 9.78 Å². The Bertz CT molecular complexity index is 1080. The zero-order chi connectivity index (χ0) is 21.1.